The maximum atomic E-state index is 13.4. The van der Waals surface area contributed by atoms with Crippen molar-refractivity contribution in [2.45, 2.75) is 24.9 Å². The highest BCUT2D eigenvalue weighted by Crippen LogP contribution is 2.35. The van der Waals surface area contributed by atoms with Crippen LogP contribution in [0.15, 0.2) is 61.1 Å². The van der Waals surface area contributed by atoms with Gasteiger partial charge in [0.25, 0.3) is 0 Å². The molecule has 1 fully saturated rings. The standard InChI is InChI=1S/C27H28F3N7O/c1-37-16-19(14-33-37)24-15-32-26(35-22-11-20(27(28,29)30)12-23(13-22)38-2)36-25(24)34-21-5-3-17(4-6-21)18-7-9-31-10-8-18/h3-6,11-16,18,31H,7-10H2,1-2H3,(H2,32,34,35,36). The van der Waals surface area contributed by atoms with Crippen LogP contribution in [-0.4, -0.2) is 39.9 Å². The summed E-state index contributed by atoms with van der Waals surface area (Å²) < 4.78 is 46.9. The Morgan fingerprint density at radius 3 is 2.42 bits per heavy atom. The van der Waals surface area contributed by atoms with Gasteiger partial charge in [0.05, 0.1) is 18.9 Å². The van der Waals surface area contributed by atoms with E-state index in [2.05, 4.69) is 43.1 Å². The largest absolute Gasteiger partial charge is 0.497 e. The number of aryl methyl sites for hydroxylation is 1. The fourth-order valence-electron chi connectivity index (χ4n) is 4.52. The van der Waals surface area contributed by atoms with E-state index in [1.807, 2.05) is 25.4 Å². The van der Waals surface area contributed by atoms with Gasteiger partial charge in [0.2, 0.25) is 5.95 Å². The molecule has 0 atom stereocenters. The van der Waals surface area contributed by atoms with Gasteiger partial charge in [-0.05, 0) is 61.7 Å². The lowest BCUT2D eigenvalue weighted by molar-refractivity contribution is -0.137. The van der Waals surface area contributed by atoms with E-state index in [0.29, 0.717) is 17.3 Å². The lowest BCUT2D eigenvalue weighted by atomic mass is 9.90. The average molecular weight is 524 g/mol. The summed E-state index contributed by atoms with van der Waals surface area (Å²) >= 11 is 0. The number of hydrogen-bond acceptors (Lipinski definition) is 7. The summed E-state index contributed by atoms with van der Waals surface area (Å²) in [5, 5.41) is 13.9. The number of aromatic nitrogens is 4. The third-order valence-electron chi connectivity index (χ3n) is 6.51. The molecular weight excluding hydrogens is 495 g/mol. The van der Waals surface area contributed by atoms with Gasteiger partial charge in [-0.25, -0.2) is 4.98 Å². The van der Waals surface area contributed by atoms with Crippen molar-refractivity contribution < 1.29 is 17.9 Å². The molecule has 1 aliphatic rings. The van der Waals surface area contributed by atoms with Gasteiger partial charge in [-0.3, -0.25) is 4.68 Å². The number of benzene rings is 2. The van der Waals surface area contributed by atoms with E-state index in [1.165, 1.54) is 18.7 Å². The van der Waals surface area contributed by atoms with Crippen molar-refractivity contribution in [1.82, 2.24) is 25.1 Å². The number of ether oxygens (including phenoxy) is 1. The van der Waals surface area contributed by atoms with Crippen molar-refractivity contribution in [1.29, 1.82) is 0 Å². The lowest BCUT2D eigenvalue weighted by Crippen LogP contribution is -2.26. The zero-order chi connectivity index (χ0) is 26.7. The molecule has 0 unspecified atom stereocenters. The van der Waals surface area contributed by atoms with Gasteiger partial charge < -0.3 is 20.7 Å². The average Bonchev–Trinajstić information content (AvgIpc) is 3.35. The van der Waals surface area contributed by atoms with Crippen LogP contribution < -0.4 is 20.7 Å². The number of anilines is 4. The molecule has 198 valence electrons. The molecule has 2 aromatic heterocycles. The molecule has 5 rings (SSSR count). The second-order valence-electron chi connectivity index (χ2n) is 9.20. The molecular formula is C27H28F3N7O. The van der Waals surface area contributed by atoms with Crippen LogP contribution in [0.4, 0.5) is 36.3 Å². The Balaban J connectivity index is 1.45. The summed E-state index contributed by atoms with van der Waals surface area (Å²) in [7, 11) is 3.13. The maximum Gasteiger partial charge on any atom is 0.416 e. The van der Waals surface area contributed by atoms with E-state index in [0.717, 1.165) is 49.3 Å². The predicted molar refractivity (Wildman–Crippen MR) is 140 cm³/mol. The molecule has 4 aromatic rings. The van der Waals surface area contributed by atoms with Crippen molar-refractivity contribution in [2.75, 3.05) is 30.8 Å². The van der Waals surface area contributed by atoms with Gasteiger partial charge in [0.1, 0.15) is 11.6 Å². The minimum atomic E-state index is -4.52. The lowest BCUT2D eigenvalue weighted by Gasteiger charge is -2.23. The molecule has 0 bridgehead atoms. The first-order chi connectivity index (χ1) is 18.3. The molecule has 2 aromatic carbocycles. The number of alkyl halides is 3. The molecule has 8 nitrogen and oxygen atoms in total. The van der Waals surface area contributed by atoms with Crippen LogP contribution in [0, 0.1) is 0 Å². The normalized spacial score (nSPS) is 14.3. The highest BCUT2D eigenvalue weighted by molar-refractivity contribution is 5.78. The summed E-state index contributed by atoms with van der Waals surface area (Å²) in [5.74, 6) is 1.23. The van der Waals surface area contributed by atoms with Gasteiger partial charge in [-0.1, -0.05) is 12.1 Å². The van der Waals surface area contributed by atoms with E-state index in [4.69, 9.17) is 4.74 Å². The van der Waals surface area contributed by atoms with Crippen molar-refractivity contribution in [2.24, 2.45) is 7.05 Å². The molecule has 1 saturated heterocycles. The Bertz CT molecular complexity index is 1400. The van der Waals surface area contributed by atoms with Gasteiger partial charge >= 0.3 is 6.18 Å². The second kappa shape index (κ2) is 10.7. The number of nitrogens with one attached hydrogen (secondary N) is 3. The van der Waals surface area contributed by atoms with E-state index in [9.17, 15) is 13.2 Å². The molecule has 11 heteroatoms. The molecule has 3 heterocycles. The topological polar surface area (TPSA) is 88.9 Å². The van der Waals surface area contributed by atoms with Crippen molar-refractivity contribution >= 4 is 23.1 Å². The summed E-state index contributed by atoms with van der Waals surface area (Å²) in [6, 6.07) is 11.7. The Kier molecular flexibility index (Phi) is 7.19. The summed E-state index contributed by atoms with van der Waals surface area (Å²) in [6.45, 7) is 2.04. The van der Waals surface area contributed by atoms with Gasteiger partial charge in [0.15, 0.2) is 0 Å². The zero-order valence-electron chi connectivity index (χ0n) is 21.0. The first kappa shape index (κ1) is 25.5. The monoisotopic (exact) mass is 523 g/mol. The zero-order valence-corrected chi connectivity index (χ0v) is 21.0. The molecule has 0 radical (unpaired) electrons. The fraction of sp³-hybridized carbons (Fsp3) is 0.296. The van der Waals surface area contributed by atoms with Crippen LogP contribution in [0.5, 0.6) is 5.75 Å². The molecule has 0 saturated carbocycles. The number of nitrogens with zero attached hydrogens (tertiary/aromatic N) is 4. The van der Waals surface area contributed by atoms with E-state index >= 15 is 0 Å². The molecule has 0 amide bonds. The van der Waals surface area contributed by atoms with Crippen molar-refractivity contribution in [3.05, 3.63) is 72.2 Å². The minimum Gasteiger partial charge on any atom is -0.497 e. The van der Waals surface area contributed by atoms with E-state index in [-0.39, 0.29) is 17.4 Å². The minimum absolute atomic E-state index is 0.0708. The summed E-state index contributed by atoms with van der Waals surface area (Å²) in [6.07, 6.45) is 2.86. The van der Waals surface area contributed by atoms with Crippen LogP contribution in [0.3, 0.4) is 0 Å². The van der Waals surface area contributed by atoms with Crippen LogP contribution >= 0.6 is 0 Å². The van der Waals surface area contributed by atoms with Gasteiger partial charge in [-0.15, -0.1) is 0 Å². The summed E-state index contributed by atoms with van der Waals surface area (Å²) in [5.41, 5.74) is 2.95. The van der Waals surface area contributed by atoms with Gasteiger partial charge in [0, 0.05) is 48.0 Å². The number of halogens is 3. The van der Waals surface area contributed by atoms with Gasteiger partial charge in [-0.2, -0.15) is 23.3 Å². The third kappa shape index (κ3) is 5.88. The third-order valence-corrected chi connectivity index (χ3v) is 6.51. The molecule has 0 aliphatic carbocycles. The maximum absolute atomic E-state index is 13.4. The number of hydrogen-bond donors (Lipinski definition) is 3. The molecule has 3 N–H and O–H groups in total. The predicted octanol–water partition coefficient (Wildman–Crippen LogP) is 5.86. The molecule has 0 spiro atoms. The van der Waals surface area contributed by atoms with E-state index in [1.54, 1.807) is 17.1 Å². The first-order valence-electron chi connectivity index (χ1n) is 12.3. The van der Waals surface area contributed by atoms with Crippen LogP contribution in [0.25, 0.3) is 11.1 Å². The van der Waals surface area contributed by atoms with Crippen LogP contribution in [0.1, 0.15) is 29.9 Å². The Labute approximate surface area is 218 Å². The van der Waals surface area contributed by atoms with Crippen LogP contribution in [-0.2, 0) is 13.2 Å². The Morgan fingerprint density at radius 2 is 1.76 bits per heavy atom. The first-order valence-corrected chi connectivity index (χ1v) is 12.3. The molecule has 38 heavy (non-hydrogen) atoms. The highest BCUT2D eigenvalue weighted by Gasteiger charge is 2.31. The van der Waals surface area contributed by atoms with Crippen molar-refractivity contribution in [3.63, 3.8) is 0 Å². The molecule has 1 aliphatic heterocycles. The smallest absolute Gasteiger partial charge is 0.416 e. The van der Waals surface area contributed by atoms with Crippen molar-refractivity contribution in [3.8, 4) is 16.9 Å². The second-order valence-corrected chi connectivity index (χ2v) is 9.20. The quantitative estimate of drug-likeness (QED) is 0.280. The summed E-state index contributed by atoms with van der Waals surface area (Å²) in [4.78, 5) is 8.97. The number of methoxy groups -OCH3 is 1. The Morgan fingerprint density at radius 1 is 1.00 bits per heavy atom. The number of piperidine rings is 1. The fourth-order valence-corrected chi connectivity index (χ4v) is 4.52. The Hall–Kier alpha value is -4.12. The van der Waals surface area contributed by atoms with E-state index < -0.39 is 11.7 Å². The highest BCUT2D eigenvalue weighted by atomic mass is 19.4. The number of rotatable bonds is 7. The SMILES string of the molecule is COc1cc(Nc2ncc(-c3cnn(C)c3)c(Nc3ccc(C4CCNCC4)cc3)n2)cc(C(F)(F)F)c1. The van der Waals surface area contributed by atoms with Crippen LogP contribution in [0.2, 0.25) is 0 Å².